The van der Waals surface area contributed by atoms with Crippen molar-refractivity contribution in [1.82, 2.24) is 0 Å². The fraction of sp³-hybridized carbons (Fsp3) is 0.672. The molecule has 0 spiro atoms. The quantitative estimate of drug-likeness (QED) is 0.103. The first-order valence-corrected chi connectivity index (χ1v) is 27.2. The number of rotatable bonds is 16. The zero-order chi connectivity index (χ0) is 59.8. The summed E-state index contributed by atoms with van der Waals surface area (Å²) in [4.78, 5) is 32.1. The molecule has 0 amide bonds. The predicted molar refractivity (Wildman–Crippen MR) is 312 cm³/mol. The first-order chi connectivity index (χ1) is 34.7. The number of aryl methyl sites for hydroxylation is 3. The Morgan fingerprint density at radius 3 is 1.21 bits per heavy atom. The maximum atomic E-state index is 12.2. The molecule has 0 aromatic heterocycles. The van der Waals surface area contributed by atoms with Gasteiger partial charge < -0.3 is 23.7 Å². The van der Waals surface area contributed by atoms with Gasteiger partial charge in [-0.1, -0.05) is 186 Å². The summed E-state index contributed by atoms with van der Waals surface area (Å²) in [7, 11) is 7.23. The van der Waals surface area contributed by atoms with Crippen molar-refractivity contribution in [2.75, 3.05) is 42.2 Å². The van der Waals surface area contributed by atoms with E-state index < -0.39 is 17.6 Å². The Kier molecular flexibility index (Phi) is 46.6. The molecule has 0 heterocycles. The molecule has 0 fully saturated rings. The van der Waals surface area contributed by atoms with Gasteiger partial charge in [-0.05, 0) is 133 Å². The number of hydrogen-bond donors (Lipinski definition) is 0. The topological polar surface area (TPSA) is 97.4 Å². The molecule has 436 valence electrons. The zero-order valence-electron chi connectivity index (χ0n) is 52.4. The van der Waals surface area contributed by atoms with E-state index in [1.807, 2.05) is 34.6 Å². The fourth-order valence-electron chi connectivity index (χ4n) is 5.53. The summed E-state index contributed by atoms with van der Waals surface area (Å²) < 4.78 is 59.5. The van der Waals surface area contributed by atoms with Crippen LogP contribution in [0.5, 0.6) is 0 Å². The summed E-state index contributed by atoms with van der Waals surface area (Å²) in [6.45, 7) is 43.2. The van der Waals surface area contributed by atoms with Crippen LogP contribution < -0.4 is 0 Å². The molecule has 0 bridgehead atoms. The number of ether oxygens (including phenoxy) is 5. The minimum absolute atomic E-state index is 0.0556. The van der Waals surface area contributed by atoms with Gasteiger partial charge in [0.1, 0.15) is 0 Å². The van der Waals surface area contributed by atoms with Crippen LogP contribution in [0, 0.1) is 43.4 Å². The SMILES string of the molecule is CCC(C)(C(=O)OC)C(F)(F)F.CCC(C)(C)C(=O)OC.CCC(C)(C)c1ccc(C)cc1.CCC(C)C(=O)OC.CCC(C)OC.CCC(C)c1ccc(C)cc1.CCC(C)c1cccc(C)c1.COCC(C)C. The predicted octanol–water partition coefficient (Wildman–Crippen LogP) is 18.4. The van der Waals surface area contributed by atoms with Crippen LogP contribution in [0.25, 0.3) is 0 Å². The highest BCUT2D eigenvalue weighted by molar-refractivity contribution is 5.77. The molecule has 0 aliphatic carbocycles. The maximum absolute atomic E-state index is 12.2. The van der Waals surface area contributed by atoms with E-state index in [1.54, 1.807) is 14.2 Å². The third-order valence-corrected chi connectivity index (χ3v) is 13.5. The van der Waals surface area contributed by atoms with E-state index >= 15 is 0 Å². The van der Waals surface area contributed by atoms with Gasteiger partial charge in [0.15, 0.2) is 5.41 Å². The Morgan fingerprint density at radius 1 is 0.520 bits per heavy atom. The highest BCUT2D eigenvalue weighted by atomic mass is 19.4. The molecule has 0 saturated carbocycles. The van der Waals surface area contributed by atoms with Crippen LogP contribution in [0.4, 0.5) is 13.2 Å². The summed E-state index contributed by atoms with van der Waals surface area (Å²) in [5, 5.41) is 0. The summed E-state index contributed by atoms with van der Waals surface area (Å²) in [6, 6.07) is 26.4. The minimum Gasteiger partial charge on any atom is -0.469 e. The van der Waals surface area contributed by atoms with Crippen molar-refractivity contribution in [3.05, 3.63) is 106 Å². The average Bonchev–Trinajstić information content (AvgIpc) is 3.39. The molecule has 11 heteroatoms. The monoisotopic (exact) mass is 1060 g/mol. The highest BCUT2D eigenvalue weighted by Crippen LogP contribution is 2.41. The second-order valence-corrected chi connectivity index (χ2v) is 21.1. The van der Waals surface area contributed by atoms with Gasteiger partial charge >= 0.3 is 24.1 Å². The van der Waals surface area contributed by atoms with Crippen LogP contribution in [-0.2, 0) is 43.5 Å². The van der Waals surface area contributed by atoms with Gasteiger partial charge in [0.05, 0.1) is 38.8 Å². The van der Waals surface area contributed by atoms with E-state index in [1.165, 1.54) is 73.8 Å². The van der Waals surface area contributed by atoms with Crippen molar-refractivity contribution in [2.45, 2.75) is 220 Å². The molecule has 3 rings (SSSR count). The van der Waals surface area contributed by atoms with E-state index in [0.29, 0.717) is 29.3 Å². The number of hydrogen-bond acceptors (Lipinski definition) is 8. The lowest BCUT2D eigenvalue weighted by atomic mass is 9.82. The molecule has 3 aromatic rings. The van der Waals surface area contributed by atoms with Crippen molar-refractivity contribution in [2.24, 2.45) is 22.7 Å². The normalized spacial score (nSPS) is 13.0. The van der Waals surface area contributed by atoms with Crippen molar-refractivity contribution < 1.29 is 51.2 Å². The van der Waals surface area contributed by atoms with Gasteiger partial charge in [-0.15, -0.1) is 0 Å². The summed E-state index contributed by atoms with van der Waals surface area (Å²) in [5.41, 5.74) is 6.05. The first-order valence-electron chi connectivity index (χ1n) is 27.2. The second-order valence-electron chi connectivity index (χ2n) is 21.1. The van der Waals surface area contributed by atoms with Crippen LogP contribution in [-0.4, -0.2) is 72.3 Å². The van der Waals surface area contributed by atoms with Crippen molar-refractivity contribution in [3.8, 4) is 0 Å². The number of benzene rings is 3. The first kappa shape index (κ1) is 79.6. The average molecular weight is 1070 g/mol. The van der Waals surface area contributed by atoms with Gasteiger partial charge in [-0.25, -0.2) is 0 Å². The van der Waals surface area contributed by atoms with Crippen LogP contribution in [0.3, 0.4) is 0 Å². The number of carbonyl (C=O) groups excluding carboxylic acids is 3. The molecule has 0 radical (unpaired) electrons. The molecule has 3 aromatic carbocycles. The molecule has 5 atom stereocenters. The Bertz CT molecular complexity index is 1850. The van der Waals surface area contributed by atoms with Gasteiger partial charge in [0, 0.05) is 20.8 Å². The van der Waals surface area contributed by atoms with Crippen molar-refractivity contribution >= 4 is 17.9 Å². The van der Waals surface area contributed by atoms with Crippen molar-refractivity contribution in [1.29, 1.82) is 0 Å². The van der Waals surface area contributed by atoms with Gasteiger partial charge in [-0.3, -0.25) is 14.4 Å². The largest absolute Gasteiger partial charge is 0.469 e. The Balaban J connectivity index is -0.000000252. The number of halogens is 3. The zero-order valence-corrected chi connectivity index (χ0v) is 52.4. The van der Waals surface area contributed by atoms with Crippen LogP contribution in [0.15, 0.2) is 72.8 Å². The third kappa shape index (κ3) is 37.2. The van der Waals surface area contributed by atoms with Crippen LogP contribution >= 0.6 is 0 Å². The standard InChI is InChI=1S/C12H18.2C11H16.C7H11F3O2.C7H14O2.C6H12O2.2C5H12O/c1-5-12(3,4)11-8-6-10(2)7-9-11;1-4-10(3)11-7-5-9(2)6-8-11;1-4-10(3)11-7-5-6-9(2)8-11;1-4-6(2,5(11)12-3)7(8,9)10;1-5-7(2,3)6(8)9-4;1-4-5(2)6(7)8-3;1-5(2)4-6-3;1-4-5(2)6-3/h6-9H,5H2,1-4H3;2*5-8,10H,4H2,1-3H3;4H2,1-3H3;5H2,1-4H3;5H,4H2,1-3H3;2*5H,4H2,1-3H3. The van der Waals surface area contributed by atoms with E-state index in [-0.39, 0.29) is 29.7 Å². The third-order valence-electron chi connectivity index (χ3n) is 13.5. The molecule has 5 unspecified atom stereocenters. The second kappa shape index (κ2) is 43.8. The van der Waals surface area contributed by atoms with E-state index in [0.717, 1.165) is 39.9 Å². The van der Waals surface area contributed by atoms with Crippen LogP contribution in [0.1, 0.15) is 215 Å². The number of esters is 3. The molecule has 0 saturated heterocycles. The van der Waals surface area contributed by atoms with E-state index in [2.05, 4.69) is 184 Å². The fourth-order valence-corrected chi connectivity index (χ4v) is 5.53. The Morgan fingerprint density at radius 2 is 0.973 bits per heavy atom. The van der Waals surface area contributed by atoms with Gasteiger partial charge in [0.2, 0.25) is 0 Å². The highest BCUT2D eigenvalue weighted by Gasteiger charge is 2.56. The Labute approximate surface area is 458 Å². The van der Waals surface area contributed by atoms with Crippen molar-refractivity contribution in [3.63, 3.8) is 0 Å². The number of alkyl halides is 3. The summed E-state index contributed by atoms with van der Waals surface area (Å²) >= 11 is 0. The summed E-state index contributed by atoms with van der Waals surface area (Å²) in [6.07, 6.45) is 1.99. The molecule has 8 nitrogen and oxygen atoms in total. The molecular formula is C64H111F3O8. The smallest absolute Gasteiger partial charge is 0.404 e. The summed E-state index contributed by atoms with van der Waals surface area (Å²) in [5.74, 6) is 0.649. The molecule has 0 N–H and O–H groups in total. The van der Waals surface area contributed by atoms with Crippen LogP contribution in [0.2, 0.25) is 0 Å². The maximum Gasteiger partial charge on any atom is 0.404 e. The lowest BCUT2D eigenvalue weighted by molar-refractivity contribution is -0.229. The van der Waals surface area contributed by atoms with E-state index in [9.17, 15) is 27.6 Å². The Hall–Kier alpha value is -4.22. The number of methoxy groups -OCH3 is 5. The lowest BCUT2D eigenvalue weighted by Gasteiger charge is -2.27. The molecular weight excluding hydrogens is 954 g/mol. The lowest BCUT2D eigenvalue weighted by Crippen LogP contribution is -2.42. The molecule has 0 aliphatic heterocycles. The van der Waals surface area contributed by atoms with Gasteiger partial charge in [-0.2, -0.15) is 13.2 Å². The molecule has 0 aliphatic rings. The van der Waals surface area contributed by atoms with Gasteiger partial charge in [0.25, 0.3) is 0 Å². The minimum atomic E-state index is -4.55. The van der Waals surface area contributed by atoms with E-state index in [4.69, 9.17) is 9.47 Å². The number of carbonyl (C=O) groups is 3. The molecule has 75 heavy (non-hydrogen) atoms.